The number of carbonyl (C=O) groups excluding carboxylic acids is 2. The van der Waals surface area contributed by atoms with Gasteiger partial charge in [-0.05, 0) is 45.0 Å². The van der Waals surface area contributed by atoms with Crippen LogP contribution in [0.3, 0.4) is 0 Å². The van der Waals surface area contributed by atoms with Crippen LogP contribution in [0.5, 0.6) is 5.75 Å². The number of alkyl carbamates (subject to hydrolysis) is 1. The number of benzene rings is 1. The molecule has 0 aliphatic carbocycles. The molecule has 0 spiro atoms. The lowest BCUT2D eigenvalue weighted by molar-refractivity contribution is 0.0387. The molecule has 2 atom stereocenters. The van der Waals surface area contributed by atoms with Gasteiger partial charge in [0.1, 0.15) is 29.3 Å². The van der Waals surface area contributed by atoms with E-state index < -0.39 is 29.6 Å². The second kappa shape index (κ2) is 8.05. The van der Waals surface area contributed by atoms with Crippen LogP contribution in [0.1, 0.15) is 42.9 Å². The lowest BCUT2D eigenvalue weighted by Gasteiger charge is -2.25. The van der Waals surface area contributed by atoms with E-state index in [9.17, 15) is 14.7 Å². The lowest BCUT2D eigenvalue weighted by Crippen LogP contribution is -2.42. The van der Waals surface area contributed by atoms with Gasteiger partial charge in [-0.15, -0.1) is 0 Å². The van der Waals surface area contributed by atoms with E-state index >= 15 is 0 Å². The first-order valence-electron chi connectivity index (χ1n) is 8.11. The first-order valence-corrected chi connectivity index (χ1v) is 8.11. The normalized spacial score (nSPS) is 13.6. The van der Waals surface area contributed by atoms with Crippen molar-refractivity contribution in [2.45, 2.75) is 38.5 Å². The molecule has 0 radical (unpaired) electrons. The average molecular weight is 361 g/mol. The summed E-state index contributed by atoms with van der Waals surface area (Å²) >= 11 is 0. The summed E-state index contributed by atoms with van der Waals surface area (Å²) in [5, 5.41) is 13.1. The topological polar surface area (TPSA) is 98.0 Å². The minimum atomic E-state index is -1.59. The van der Waals surface area contributed by atoms with Crippen LogP contribution in [0.2, 0.25) is 0 Å². The van der Waals surface area contributed by atoms with Crippen molar-refractivity contribution in [1.29, 1.82) is 0 Å². The van der Waals surface area contributed by atoms with Crippen molar-refractivity contribution < 1.29 is 28.6 Å². The molecule has 1 amide bonds. The second-order valence-electron chi connectivity index (χ2n) is 6.65. The van der Waals surface area contributed by atoms with Crippen molar-refractivity contribution in [2.75, 3.05) is 7.11 Å². The van der Waals surface area contributed by atoms with Gasteiger partial charge in [-0.1, -0.05) is 12.1 Å². The number of ketones is 1. The first kappa shape index (κ1) is 19.5. The molecule has 140 valence electrons. The van der Waals surface area contributed by atoms with Crippen LogP contribution in [0, 0.1) is 0 Å². The molecule has 0 saturated heterocycles. The molecule has 1 aromatic carbocycles. The summed E-state index contributed by atoms with van der Waals surface area (Å²) in [7, 11) is 1.43. The number of aliphatic hydroxyl groups is 1. The molecule has 0 saturated carbocycles. The minimum Gasteiger partial charge on any atom is -0.496 e. The fourth-order valence-corrected chi connectivity index (χ4v) is 2.37. The Kier molecular flexibility index (Phi) is 6.05. The zero-order valence-electron chi connectivity index (χ0n) is 15.2. The Hall–Kier alpha value is -2.80. The number of hydrogen-bond donors (Lipinski definition) is 2. The van der Waals surface area contributed by atoms with Crippen LogP contribution in [0.15, 0.2) is 47.1 Å². The molecule has 7 heteroatoms. The summed E-state index contributed by atoms with van der Waals surface area (Å²) < 4.78 is 15.7. The van der Waals surface area contributed by atoms with Gasteiger partial charge < -0.3 is 24.3 Å². The number of aliphatic hydroxyl groups excluding tert-OH is 1. The number of nitrogens with one attached hydrogen (secondary N) is 1. The van der Waals surface area contributed by atoms with Gasteiger partial charge in [-0.25, -0.2) is 4.79 Å². The van der Waals surface area contributed by atoms with Crippen LogP contribution in [0.25, 0.3) is 0 Å². The average Bonchev–Trinajstić information content (AvgIpc) is 3.11. The molecule has 1 heterocycles. The molecule has 1 aromatic heterocycles. The van der Waals surface area contributed by atoms with E-state index in [0.717, 1.165) is 0 Å². The third kappa shape index (κ3) is 4.86. The molecule has 0 fully saturated rings. The quantitative estimate of drug-likeness (QED) is 0.767. The van der Waals surface area contributed by atoms with E-state index in [1.165, 1.54) is 19.4 Å². The SMILES string of the molecule is COc1ccccc1C(=O)[C@H](O)[C@@H](NC(=O)OC(C)(C)C)c1ccco1. The first-order chi connectivity index (χ1) is 12.2. The van der Waals surface area contributed by atoms with Gasteiger partial charge in [-0.2, -0.15) is 0 Å². The van der Waals surface area contributed by atoms with E-state index in [4.69, 9.17) is 13.9 Å². The van der Waals surface area contributed by atoms with Gasteiger partial charge in [0.15, 0.2) is 5.78 Å². The highest BCUT2D eigenvalue weighted by atomic mass is 16.6. The number of furan rings is 1. The van der Waals surface area contributed by atoms with E-state index in [1.807, 2.05) is 0 Å². The number of amides is 1. The Morgan fingerprint density at radius 2 is 1.85 bits per heavy atom. The van der Waals surface area contributed by atoms with Crippen molar-refractivity contribution in [3.05, 3.63) is 54.0 Å². The van der Waals surface area contributed by atoms with E-state index in [2.05, 4.69) is 5.32 Å². The molecule has 2 rings (SSSR count). The second-order valence-corrected chi connectivity index (χ2v) is 6.65. The molecular weight excluding hydrogens is 338 g/mol. The smallest absolute Gasteiger partial charge is 0.408 e. The largest absolute Gasteiger partial charge is 0.496 e. The standard InChI is InChI=1S/C19H23NO6/c1-19(2,3)26-18(23)20-15(14-10-7-11-25-14)17(22)16(21)12-8-5-6-9-13(12)24-4/h5-11,15,17,22H,1-4H3,(H,20,23)/t15-,17+/m0/s1. The maximum atomic E-state index is 12.8. The number of hydrogen-bond acceptors (Lipinski definition) is 6. The van der Waals surface area contributed by atoms with E-state index in [1.54, 1.807) is 51.1 Å². The molecule has 0 bridgehead atoms. The van der Waals surface area contributed by atoms with Gasteiger partial charge in [0, 0.05) is 0 Å². The van der Waals surface area contributed by atoms with Crippen LogP contribution in [-0.2, 0) is 4.74 Å². The predicted molar refractivity (Wildman–Crippen MR) is 94.2 cm³/mol. The van der Waals surface area contributed by atoms with E-state index in [0.29, 0.717) is 5.75 Å². The number of Topliss-reactive ketones (excluding diaryl/α,β-unsaturated/α-hetero) is 1. The van der Waals surface area contributed by atoms with E-state index in [-0.39, 0.29) is 11.3 Å². The summed E-state index contributed by atoms with van der Waals surface area (Å²) in [5.74, 6) is -0.0569. The van der Waals surface area contributed by atoms with Gasteiger partial charge in [0.05, 0.1) is 18.9 Å². The predicted octanol–water partition coefficient (Wildman–Crippen LogP) is 3.10. The Balaban J connectivity index is 2.27. The summed E-state index contributed by atoms with van der Waals surface area (Å²) in [4.78, 5) is 24.9. The maximum absolute atomic E-state index is 12.8. The highest BCUT2D eigenvalue weighted by Crippen LogP contribution is 2.25. The third-order valence-electron chi connectivity index (χ3n) is 3.48. The lowest BCUT2D eigenvalue weighted by atomic mass is 9.98. The molecule has 0 aliphatic heterocycles. The van der Waals surface area contributed by atoms with Crippen LogP contribution in [0.4, 0.5) is 4.79 Å². The van der Waals surface area contributed by atoms with Crippen LogP contribution < -0.4 is 10.1 Å². The number of carbonyl (C=O) groups is 2. The van der Waals surface area contributed by atoms with Gasteiger partial charge >= 0.3 is 6.09 Å². The summed E-state index contributed by atoms with van der Waals surface area (Å²) in [5.41, 5.74) is -0.528. The molecule has 2 aromatic rings. The number of ether oxygens (including phenoxy) is 2. The fraction of sp³-hybridized carbons (Fsp3) is 0.368. The zero-order valence-corrected chi connectivity index (χ0v) is 15.2. The van der Waals surface area contributed by atoms with Gasteiger partial charge in [-0.3, -0.25) is 4.79 Å². The number of para-hydroxylation sites is 1. The van der Waals surface area contributed by atoms with Crippen LogP contribution in [-0.4, -0.2) is 35.8 Å². The monoisotopic (exact) mass is 361 g/mol. The molecule has 26 heavy (non-hydrogen) atoms. The zero-order chi connectivity index (χ0) is 19.3. The minimum absolute atomic E-state index is 0.199. The summed E-state index contributed by atoms with van der Waals surface area (Å²) in [6.45, 7) is 5.14. The maximum Gasteiger partial charge on any atom is 0.408 e. The highest BCUT2D eigenvalue weighted by molar-refractivity contribution is 6.02. The molecule has 0 aliphatic rings. The van der Waals surface area contributed by atoms with Gasteiger partial charge in [0.25, 0.3) is 0 Å². The van der Waals surface area contributed by atoms with Crippen molar-refractivity contribution >= 4 is 11.9 Å². The Morgan fingerprint density at radius 1 is 1.15 bits per heavy atom. The molecular formula is C19H23NO6. The number of rotatable bonds is 6. The Labute approximate surface area is 151 Å². The van der Waals surface area contributed by atoms with Gasteiger partial charge in [0.2, 0.25) is 0 Å². The van der Waals surface area contributed by atoms with Crippen molar-refractivity contribution in [3.8, 4) is 5.75 Å². The van der Waals surface area contributed by atoms with Crippen LogP contribution >= 0.6 is 0 Å². The highest BCUT2D eigenvalue weighted by Gasteiger charge is 2.34. The van der Waals surface area contributed by atoms with Crippen molar-refractivity contribution in [1.82, 2.24) is 5.32 Å². The molecule has 2 N–H and O–H groups in total. The fourth-order valence-electron chi connectivity index (χ4n) is 2.37. The van der Waals surface area contributed by atoms with Crippen molar-refractivity contribution in [2.24, 2.45) is 0 Å². The Morgan fingerprint density at radius 3 is 2.42 bits per heavy atom. The third-order valence-corrected chi connectivity index (χ3v) is 3.48. The Bertz CT molecular complexity index is 748. The number of methoxy groups -OCH3 is 1. The summed E-state index contributed by atoms with van der Waals surface area (Å²) in [6.07, 6.45) is -0.977. The molecule has 0 unspecified atom stereocenters. The summed E-state index contributed by atoms with van der Waals surface area (Å²) in [6, 6.07) is 8.56. The molecule has 7 nitrogen and oxygen atoms in total. The van der Waals surface area contributed by atoms with Crippen molar-refractivity contribution in [3.63, 3.8) is 0 Å².